The number of aromatic amines is 1. The van der Waals surface area contributed by atoms with E-state index in [0.717, 1.165) is 15.9 Å². The van der Waals surface area contributed by atoms with Crippen LogP contribution in [0.2, 0.25) is 0 Å². The van der Waals surface area contributed by atoms with Gasteiger partial charge in [-0.25, -0.2) is 14.7 Å². The first kappa shape index (κ1) is 19.6. The average Bonchev–Trinajstić information content (AvgIpc) is 3.27. The third-order valence-corrected chi connectivity index (χ3v) is 5.11. The second kappa shape index (κ2) is 7.98. The highest BCUT2D eigenvalue weighted by Gasteiger charge is 2.40. The molecule has 4 rings (SSSR count). The number of aromatic nitrogens is 2. The van der Waals surface area contributed by atoms with E-state index >= 15 is 0 Å². The number of hydrogen-bond acceptors (Lipinski definition) is 4. The number of hydrogen-bond donors (Lipinski definition) is 3. The minimum absolute atomic E-state index is 0.0733. The second-order valence-corrected chi connectivity index (χ2v) is 7.64. The van der Waals surface area contributed by atoms with Crippen LogP contribution < -0.4 is 15.5 Å². The predicted molar refractivity (Wildman–Crippen MR) is 113 cm³/mol. The molecule has 0 unspecified atom stereocenters. The molecule has 4 amide bonds. The van der Waals surface area contributed by atoms with Crippen LogP contribution in [0.15, 0.2) is 54.6 Å². The summed E-state index contributed by atoms with van der Waals surface area (Å²) in [7, 11) is 0. The molecule has 2 aromatic carbocycles. The lowest BCUT2D eigenvalue weighted by Gasteiger charge is -2.21. The number of nitrogens with one attached hydrogen (secondary N) is 3. The molecule has 3 N–H and O–H groups in total. The number of benzene rings is 2. The van der Waals surface area contributed by atoms with Gasteiger partial charge in [-0.05, 0) is 30.2 Å². The maximum Gasteiger partial charge on any atom is 0.329 e. The molecule has 2 atom stereocenters. The van der Waals surface area contributed by atoms with Crippen LogP contribution in [0.5, 0.6) is 0 Å². The molecular weight excluding hydrogens is 382 g/mol. The topological polar surface area (TPSA) is 107 Å². The van der Waals surface area contributed by atoms with Gasteiger partial charge in [0.05, 0.1) is 29.2 Å². The maximum atomic E-state index is 12.7. The fraction of sp³-hybridized carbons (Fsp3) is 0.273. The molecule has 30 heavy (non-hydrogen) atoms. The number of carbonyl (C=O) groups is 3. The van der Waals surface area contributed by atoms with Gasteiger partial charge in [0, 0.05) is 0 Å². The van der Waals surface area contributed by atoms with E-state index in [-0.39, 0.29) is 24.3 Å². The van der Waals surface area contributed by atoms with Crippen molar-refractivity contribution in [2.75, 3.05) is 4.90 Å². The van der Waals surface area contributed by atoms with Gasteiger partial charge in [-0.15, -0.1) is 0 Å². The standard InChI is InChI=1S/C22H23N5O3/c1-13(2)19(20-23-15-10-6-7-11-16(15)24-20)26-18(28)12-17-21(29)27(22(30)25-17)14-8-4-3-5-9-14/h3-11,13,17,19H,12H2,1-2H3,(H,23,24)(H,25,30)(H,26,28)/t17-,19+/m0/s1. The summed E-state index contributed by atoms with van der Waals surface area (Å²) in [6.07, 6.45) is -0.142. The highest BCUT2D eigenvalue weighted by Crippen LogP contribution is 2.23. The number of anilines is 1. The van der Waals surface area contributed by atoms with Crippen LogP contribution in [0, 0.1) is 5.92 Å². The molecule has 0 spiro atoms. The van der Waals surface area contributed by atoms with Crippen LogP contribution in [0.3, 0.4) is 0 Å². The van der Waals surface area contributed by atoms with Crippen molar-refractivity contribution >= 4 is 34.6 Å². The molecule has 0 radical (unpaired) electrons. The number of amides is 4. The molecule has 8 heteroatoms. The van der Waals surface area contributed by atoms with Crippen LogP contribution in [-0.4, -0.2) is 33.9 Å². The number of nitrogens with zero attached hydrogens (tertiary/aromatic N) is 2. The quantitative estimate of drug-likeness (QED) is 0.548. The maximum absolute atomic E-state index is 12.7. The second-order valence-electron chi connectivity index (χ2n) is 7.64. The lowest BCUT2D eigenvalue weighted by atomic mass is 10.0. The van der Waals surface area contributed by atoms with Crippen molar-refractivity contribution in [3.05, 3.63) is 60.4 Å². The van der Waals surface area contributed by atoms with Crippen molar-refractivity contribution in [3.8, 4) is 0 Å². The largest absolute Gasteiger partial charge is 0.346 e. The zero-order valence-corrected chi connectivity index (χ0v) is 16.8. The third-order valence-electron chi connectivity index (χ3n) is 5.11. The highest BCUT2D eigenvalue weighted by atomic mass is 16.2. The molecule has 1 saturated heterocycles. The summed E-state index contributed by atoms with van der Waals surface area (Å²) in [5.74, 6) is -0.0367. The lowest BCUT2D eigenvalue weighted by Crippen LogP contribution is -2.39. The zero-order chi connectivity index (χ0) is 21.3. The molecular formula is C22H23N5O3. The van der Waals surface area contributed by atoms with E-state index < -0.39 is 18.0 Å². The molecule has 0 bridgehead atoms. The van der Waals surface area contributed by atoms with Gasteiger partial charge in [-0.1, -0.05) is 44.2 Å². The molecule has 1 aliphatic rings. The van der Waals surface area contributed by atoms with Gasteiger partial charge in [-0.2, -0.15) is 0 Å². The molecule has 8 nitrogen and oxygen atoms in total. The molecule has 2 heterocycles. The van der Waals surface area contributed by atoms with Crippen molar-refractivity contribution < 1.29 is 14.4 Å². The molecule has 1 aliphatic heterocycles. The van der Waals surface area contributed by atoms with Gasteiger partial charge in [0.1, 0.15) is 11.9 Å². The Kier molecular flexibility index (Phi) is 5.22. The Labute approximate surface area is 173 Å². The first-order valence-corrected chi connectivity index (χ1v) is 9.87. The number of imidazole rings is 1. The van der Waals surface area contributed by atoms with Crippen LogP contribution >= 0.6 is 0 Å². The van der Waals surface area contributed by atoms with E-state index in [1.54, 1.807) is 30.3 Å². The summed E-state index contributed by atoms with van der Waals surface area (Å²) < 4.78 is 0. The summed E-state index contributed by atoms with van der Waals surface area (Å²) in [6.45, 7) is 3.97. The van der Waals surface area contributed by atoms with Crippen molar-refractivity contribution in [1.82, 2.24) is 20.6 Å². The molecule has 1 aromatic heterocycles. The number of carbonyl (C=O) groups excluding carboxylic acids is 3. The number of para-hydroxylation sites is 3. The summed E-state index contributed by atoms with van der Waals surface area (Å²) in [6, 6.07) is 14.5. The van der Waals surface area contributed by atoms with Gasteiger partial charge in [0.25, 0.3) is 5.91 Å². The van der Waals surface area contributed by atoms with Gasteiger partial charge in [0.15, 0.2) is 0 Å². The summed E-state index contributed by atoms with van der Waals surface area (Å²) >= 11 is 0. The van der Waals surface area contributed by atoms with Gasteiger partial charge in [0.2, 0.25) is 5.91 Å². The van der Waals surface area contributed by atoms with Crippen molar-refractivity contribution in [1.29, 1.82) is 0 Å². The van der Waals surface area contributed by atoms with E-state index in [4.69, 9.17) is 0 Å². The SMILES string of the molecule is CC(C)[C@@H](NC(=O)C[C@@H]1NC(=O)N(c2ccccc2)C1=O)c1nc2ccccc2[nH]1. The Morgan fingerprint density at radius 1 is 1.10 bits per heavy atom. The number of urea groups is 1. The smallest absolute Gasteiger partial charge is 0.329 e. The van der Waals surface area contributed by atoms with E-state index in [1.807, 2.05) is 38.1 Å². The van der Waals surface area contributed by atoms with Crippen LogP contribution in [-0.2, 0) is 9.59 Å². The Morgan fingerprint density at radius 3 is 2.50 bits per heavy atom. The minimum Gasteiger partial charge on any atom is -0.346 e. The Morgan fingerprint density at radius 2 is 1.80 bits per heavy atom. The average molecular weight is 405 g/mol. The van der Waals surface area contributed by atoms with Gasteiger partial charge >= 0.3 is 6.03 Å². The van der Waals surface area contributed by atoms with E-state index in [1.165, 1.54) is 0 Å². The summed E-state index contributed by atoms with van der Waals surface area (Å²) in [5.41, 5.74) is 2.19. The number of H-pyrrole nitrogens is 1. The van der Waals surface area contributed by atoms with Gasteiger partial charge < -0.3 is 15.6 Å². The Bertz CT molecular complexity index is 1060. The van der Waals surface area contributed by atoms with Crippen LogP contribution in [0.25, 0.3) is 11.0 Å². The number of imide groups is 1. The molecule has 1 fully saturated rings. The summed E-state index contributed by atoms with van der Waals surface area (Å²) in [4.78, 5) is 46.6. The zero-order valence-electron chi connectivity index (χ0n) is 16.8. The van der Waals surface area contributed by atoms with Crippen LogP contribution in [0.1, 0.15) is 32.1 Å². The highest BCUT2D eigenvalue weighted by molar-refractivity contribution is 6.22. The van der Waals surface area contributed by atoms with Crippen molar-refractivity contribution in [3.63, 3.8) is 0 Å². The van der Waals surface area contributed by atoms with E-state index in [0.29, 0.717) is 11.5 Å². The molecule has 154 valence electrons. The summed E-state index contributed by atoms with van der Waals surface area (Å²) in [5, 5.41) is 5.56. The fourth-order valence-corrected chi connectivity index (χ4v) is 3.58. The third kappa shape index (κ3) is 3.76. The van der Waals surface area contributed by atoms with Crippen molar-refractivity contribution in [2.45, 2.75) is 32.4 Å². The van der Waals surface area contributed by atoms with Crippen molar-refractivity contribution in [2.24, 2.45) is 5.92 Å². The number of fused-ring (bicyclic) bond motifs is 1. The molecule has 0 saturated carbocycles. The minimum atomic E-state index is -0.902. The Hall–Kier alpha value is -3.68. The molecule has 3 aromatic rings. The van der Waals surface area contributed by atoms with Gasteiger partial charge in [-0.3, -0.25) is 9.59 Å². The lowest BCUT2D eigenvalue weighted by molar-refractivity contribution is -0.126. The monoisotopic (exact) mass is 405 g/mol. The first-order valence-electron chi connectivity index (χ1n) is 9.87. The van der Waals surface area contributed by atoms with E-state index in [9.17, 15) is 14.4 Å². The molecule has 0 aliphatic carbocycles. The number of rotatable bonds is 6. The fourth-order valence-electron chi connectivity index (χ4n) is 3.58. The van der Waals surface area contributed by atoms with E-state index in [2.05, 4.69) is 20.6 Å². The predicted octanol–water partition coefficient (Wildman–Crippen LogP) is 2.89. The normalized spacial score (nSPS) is 17.4. The van der Waals surface area contributed by atoms with Crippen LogP contribution in [0.4, 0.5) is 10.5 Å². The first-order chi connectivity index (χ1) is 14.4. The Balaban J connectivity index is 1.46.